The summed E-state index contributed by atoms with van der Waals surface area (Å²) in [4.78, 5) is 35.8. The van der Waals surface area contributed by atoms with Gasteiger partial charge in [0, 0.05) is 6.21 Å². The minimum atomic E-state index is -5.43. The smallest absolute Gasteiger partial charge is 0.337 e. The molecule has 1 aliphatic rings. The Kier molecular flexibility index (Phi) is 9.35. The second kappa shape index (κ2) is 11.8. The first-order valence-electron chi connectivity index (χ1n) is 9.34. The maximum Gasteiger partial charge on any atom is 0.337 e. The van der Waals surface area contributed by atoms with E-state index in [4.69, 9.17) is 10.4 Å². The standard InChI is InChI=1S/C15H15AsN2O7.C5H5NO2S/c1-9-6-13(11-4-3-5-12(8-11)18(22)23)15(16(20,21)25-24)14(7-9)17-10(2)19;7-5(8)4-1-6-3-9-2-4/h3-8,24H,1-2H3,(H,17,19)(H,20,21);1-2H,3H2,(H,7,8). The van der Waals surface area contributed by atoms with Crippen molar-refractivity contribution in [1.29, 1.82) is 0 Å². The zero-order valence-electron chi connectivity index (χ0n) is 17.9. The van der Waals surface area contributed by atoms with E-state index in [-0.39, 0.29) is 32.4 Å². The number of amides is 1. The SMILES string of the molecule is CC(=O)Nc1cc(C)cc(-c2cccc([N+](=O)[O-])c2)c1[As](=O)(O)OO.O=C(O)C1=CSCN=C1. The fraction of sp³-hybridized carbons (Fsp3) is 0.150. The molecule has 1 atom stereocenters. The number of hydrogen-bond acceptors (Lipinski definition) is 9. The van der Waals surface area contributed by atoms with Gasteiger partial charge in [-0.2, -0.15) is 0 Å². The van der Waals surface area contributed by atoms with Gasteiger partial charge in [-0.3, -0.25) is 4.99 Å². The van der Waals surface area contributed by atoms with Crippen LogP contribution in [0.4, 0.5) is 11.4 Å². The molecule has 1 amide bonds. The molecule has 0 spiro atoms. The van der Waals surface area contributed by atoms with Crippen LogP contribution in [0.15, 0.2) is 52.4 Å². The number of non-ortho nitro benzene ring substituents is 1. The molecule has 1 unspecified atom stereocenters. The minimum absolute atomic E-state index is 0.00643. The molecule has 1 heterocycles. The van der Waals surface area contributed by atoms with Crippen LogP contribution in [0.25, 0.3) is 11.1 Å². The van der Waals surface area contributed by atoms with Gasteiger partial charge in [-0.05, 0) is 5.41 Å². The molecule has 14 heteroatoms. The molecule has 0 saturated carbocycles. The summed E-state index contributed by atoms with van der Waals surface area (Å²) in [7, 11) is 0. The number of carboxylic acids is 1. The number of nitro benzene ring substituents is 1. The molecule has 0 fully saturated rings. The molecule has 2 aromatic carbocycles. The van der Waals surface area contributed by atoms with Crippen molar-refractivity contribution in [2.24, 2.45) is 4.99 Å². The molecule has 4 N–H and O–H groups in total. The molecule has 0 bridgehead atoms. The van der Waals surface area contributed by atoms with Crippen molar-refractivity contribution in [2.45, 2.75) is 13.8 Å². The van der Waals surface area contributed by atoms with Crippen LogP contribution in [0.2, 0.25) is 0 Å². The van der Waals surface area contributed by atoms with E-state index in [1.807, 2.05) is 0 Å². The van der Waals surface area contributed by atoms with Crippen molar-refractivity contribution in [3.63, 3.8) is 0 Å². The van der Waals surface area contributed by atoms with E-state index in [0.29, 0.717) is 11.4 Å². The second-order valence-corrected chi connectivity index (χ2v) is 11.1. The van der Waals surface area contributed by atoms with Gasteiger partial charge >= 0.3 is 151 Å². The van der Waals surface area contributed by atoms with E-state index in [9.17, 15) is 27.5 Å². The molecule has 0 aliphatic carbocycles. The molecule has 0 aromatic heterocycles. The summed E-state index contributed by atoms with van der Waals surface area (Å²) >= 11 is -4.04. The van der Waals surface area contributed by atoms with E-state index < -0.39 is 31.0 Å². The van der Waals surface area contributed by atoms with Crippen molar-refractivity contribution < 1.29 is 36.6 Å². The van der Waals surface area contributed by atoms with Crippen LogP contribution >= 0.6 is 11.8 Å². The summed E-state index contributed by atoms with van der Waals surface area (Å²) in [6.45, 7) is 2.90. The average molecular weight is 553 g/mol. The molecule has 34 heavy (non-hydrogen) atoms. The number of hydrogen-bond donors (Lipinski definition) is 4. The topological polar surface area (TPSA) is 189 Å². The van der Waals surface area contributed by atoms with Crippen LogP contribution in [-0.2, 0) is 17.2 Å². The van der Waals surface area contributed by atoms with Crippen molar-refractivity contribution in [1.82, 2.24) is 0 Å². The number of benzene rings is 2. The maximum absolute atomic E-state index is 12.4. The van der Waals surface area contributed by atoms with E-state index >= 15 is 0 Å². The average Bonchev–Trinajstić information content (AvgIpc) is 2.79. The van der Waals surface area contributed by atoms with Crippen molar-refractivity contribution in [3.05, 3.63) is 63.1 Å². The first kappa shape index (κ1) is 27.0. The van der Waals surface area contributed by atoms with Gasteiger partial charge in [0.1, 0.15) is 0 Å². The second-order valence-electron chi connectivity index (χ2n) is 6.79. The maximum atomic E-state index is 12.4. The third-order valence-electron chi connectivity index (χ3n) is 4.16. The fourth-order valence-electron chi connectivity index (χ4n) is 2.86. The van der Waals surface area contributed by atoms with Gasteiger partial charge in [0.15, 0.2) is 0 Å². The summed E-state index contributed by atoms with van der Waals surface area (Å²) in [5, 5.41) is 32.2. The largest absolute Gasteiger partial charge is 0.478 e. The zero-order chi connectivity index (χ0) is 25.5. The van der Waals surface area contributed by atoms with Crippen LogP contribution in [0, 0.1) is 17.0 Å². The first-order valence-corrected chi connectivity index (χ1v) is 13.7. The fourth-order valence-corrected chi connectivity index (χ4v) is 5.54. The Bertz CT molecular complexity index is 1230. The Morgan fingerprint density at radius 3 is 2.50 bits per heavy atom. The number of aliphatic carboxylic acids is 1. The van der Waals surface area contributed by atoms with E-state index in [0.717, 1.165) is 0 Å². The van der Waals surface area contributed by atoms with Crippen molar-refractivity contribution in [2.75, 3.05) is 11.2 Å². The molecule has 1 aliphatic heterocycles. The van der Waals surface area contributed by atoms with Crippen LogP contribution in [0.1, 0.15) is 12.5 Å². The molecule has 0 radical (unpaired) electrons. The number of thioether (sulfide) groups is 1. The Balaban J connectivity index is 0.000000379. The van der Waals surface area contributed by atoms with Gasteiger partial charge in [0.25, 0.3) is 0 Å². The number of nitro groups is 1. The predicted molar refractivity (Wildman–Crippen MR) is 126 cm³/mol. The summed E-state index contributed by atoms with van der Waals surface area (Å²) in [6, 6.07) is 8.40. The number of carboxylic acid groups (broad SMARTS) is 1. The quantitative estimate of drug-likeness (QED) is 0.179. The first-order chi connectivity index (χ1) is 16.0. The van der Waals surface area contributed by atoms with Gasteiger partial charge in [-0.25, -0.2) is 4.79 Å². The monoisotopic (exact) mass is 553 g/mol. The number of aryl methyl sites for hydroxylation is 1. The number of anilines is 1. The molecular formula is C20H20AsN3O9S. The van der Waals surface area contributed by atoms with Gasteiger partial charge in [0.05, 0.1) is 11.4 Å². The van der Waals surface area contributed by atoms with Crippen LogP contribution in [0.3, 0.4) is 0 Å². The summed E-state index contributed by atoms with van der Waals surface area (Å²) in [5.41, 5.74) is 1.09. The molecule has 3 rings (SSSR count). The number of nitrogens with one attached hydrogen (secondary N) is 1. The number of aliphatic imine (C=N–C) groups is 1. The Labute approximate surface area is 200 Å². The number of rotatable bonds is 6. The summed E-state index contributed by atoms with van der Waals surface area (Å²) in [6.07, 6.45) is 1.37. The Morgan fingerprint density at radius 1 is 1.29 bits per heavy atom. The molecule has 0 saturated heterocycles. The van der Waals surface area contributed by atoms with Crippen molar-refractivity contribution in [3.8, 4) is 11.1 Å². The van der Waals surface area contributed by atoms with E-state index in [2.05, 4.69) is 14.2 Å². The van der Waals surface area contributed by atoms with E-state index in [1.54, 1.807) is 12.3 Å². The molecular weight excluding hydrogens is 533 g/mol. The van der Waals surface area contributed by atoms with E-state index in [1.165, 1.54) is 61.3 Å². The van der Waals surface area contributed by atoms with Gasteiger partial charge in [-0.1, -0.05) is 0 Å². The third-order valence-corrected chi connectivity index (χ3v) is 7.54. The molecule has 180 valence electrons. The zero-order valence-corrected chi connectivity index (χ0v) is 20.6. The van der Waals surface area contributed by atoms with Crippen LogP contribution in [-0.4, -0.2) is 57.5 Å². The molecule has 2 aromatic rings. The Hall–Kier alpha value is -3.22. The third kappa shape index (κ3) is 7.14. The molecule has 12 nitrogen and oxygen atoms in total. The minimum Gasteiger partial charge on any atom is -0.478 e. The Morgan fingerprint density at radius 2 is 2.00 bits per heavy atom. The number of nitrogens with zero attached hydrogens (tertiary/aromatic N) is 2. The van der Waals surface area contributed by atoms with Crippen LogP contribution < -0.4 is 9.67 Å². The van der Waals surface area contributed by atoms with Gasteiger partial charge < -0.3 is 5.11 Å². The predicted octanol–water partition coefficient (Wildman–Crippen LogP) is 2.32. The summed E-state index contributed by atoms with van der Waals surface area (Å²) in [5.74, 6) is -0.771. The van der Waals surface area contributed by atoms with Gasteiger partial charge in [0.2, 0.25) is 0 Å². The number of carbonyl (C=O) groups is 2. The normalized spacial score (nSPS) is 14.2. The number of carbonyl (C=O) groups excluding carboxylic acids is 1. The van der Waals surface area contributed by atoms with Crippen molar-refractivity contribution >= 4 is 59.8 Å². The van der Waals surface area contributed by atoms with Gasteiger partial charge in [-0.15, -0.1) is 11.8 Å². The summed E-state index contributed by atoms with van der Waals surface area (Å²) < 4.78 is 25.9. The van der Waals surface area contributed by atoms with Crippen LogP contribution in [0.5, 0.6) is 0 Å².